The molecule has 1 aliphatic rings. The minimum atomic E-state index is -0.941. The Morgan fingerprint density at radius 2 is 1.89 bits per heavy atom. The maximum absolute atomic E-state index is 10.2. The van der Waals surface area contributed by atoms with Gasteiger partial charge in [-0.2, -0.15) is 0 Å². The number of hydrogen-bond donors (Lipinski definition) is 3. The molecule has 1 heterocycles. The van der Waals surface area contributed by atoms with E-state index in [0.29, 0.717) is 36.9 Å². The van der Waals surface area contributed by atoms with Gasteiger partial charge in [0.2, 0.25) is 0 Å². The minimum Gasteiger partial charge on any atom is -0.493 e. The second-order valence-electron chi connectivity index (χ2n) is 8.14. The molecule has 1 aromatic rings. The number of likely N-dealkylation sites (tertiary alicyclic amines) is 1. The van der Waals surface area contributed by atoms with E-state index in [9.17, 15) is 15.3 Å². The zero-order valence-electron chi connectivity index (χ0n) is 17.6. The van der Waals surface area contributed by atoms with Crippen molar-refractivity contribution in [3.8, 4) is 11.5 Å². The van der Waals surface area contributed by atoms with Crippen LogP contribution in [0.1, 0.15) is 32.3 Å². The molecular formula is C21H36N2O5. The van der Waals surface area contributed by atoms with E-state index < -0.39 is 11.7 Å². The Morgan fingerprint density at radius 3 is 2.46 bits per heavy atom. The number of benzene rings is 1. The van der Waals surface area contributed by atoms with Crippen molar-refractivity contribution < 1.29 is 24.8 Å². The monoisotopic (exact) mass is 396 g/mol. The molecule has 0 radical (unpaired) electrons. The number of ether oxygens (including phenoxy) is 2. The van der Waals surface area contributed by atoms with Crippen molar-refractivity contribution in [2.75, 3.05) is 47.0 Å². The van der Waals surface area contributed by atoms with Crippen LogP contribution in [0.15, 0.2) is 18.2 Å². The number of piperidine rings is 1. The molecule has 1 saturated heterocycles. The molecule has 1 fully saturated rings. The molecule has 1 atom stereocenters. The van der Waals surface area contributed by atoms with Crippen LogP contribution in [0.25, 0.3) is 0 Å². The lowest BCUT2D eigenvalue weighted by Gasteiger charge is -2.37. The number of rotatable bonds is 10. The number of aliphatic hydroxyl groups is 3. The van der Waals surface area contributed by atoms with E-state index in [1.165, 1.54) is 0 Å². The minimum absolute atomic E-state index is 0.185. The van der Waals surface area contributed by atoms with Gasteiger partial charge in [0.05, 0.1) is 19.3 Å². The highest BCUT2D eigenvalue weighted by Crippen LogP contribution is 2.30. The molecule has 0 spiro atoms. The lowest BCUT2D eigenvalue weighted by molar-refractivity contribution is -0.0606. The molecule has 28 heavy (non-hydrogen) atoms. The van der Waals surface area contributed by atoms with Gasteiger partial charge in [-0.3, -0.25) is 4.90 Å². The summed E-state index contributed by atoms with van der Waals surface area (Å²) in [5.41, 5.74) is 0.142. The summed E-state index contributed by atoms with van der Waals surface area (Å²) in [6.07, 6.45) is 0.552. The largest absolute Gasteiger partial charge is 0.493 e. The third kappa shape index (κ3) is 6.60. The van der Waals surface area contributed by atoms with Gasteiger partial charge < -0.3 is 29.7 Å². The van der Waals surface area contributed by atoms with E-state index in [4.69, 9.17) is 9.47 Å². The van der Waals surface area contributed by atoms with Crippen molar-refractivity contribution in [3.63, 3.8) is 0 Å². The Bertz CT molecular complexity index is 602. The molecule has 0 aliphatic carbocycles. The first kappa shape index (κ1) is 22.9. The first-order chi connectivity index (χ1) is 13.3. The van der Waals surface area contributed by atoms with Crippen LogP contribution in [0.3, 0.4) is 0 Å². The number of methoxy groups -OCH3 is 1. The van der Waals surface area contributed by atoms with E-state index in [-0.39, 0.29) is 13.2 Å². The maximum atomic E-state index is 10.2. The van der Waals surface area contributed by atoms with Crippen molar-refractivity contribution in [1.82, 2.24) is 9.80 Å². The summed E-state index contributed by atoms with van der Waals surface area (Å²) in [5, 5.41) is 29.7. The molecule has 0 bridgehead atoms. The summed E-state index contributed by atoms with van der Waals surface area (Å²) in [5.74, 6) is 1.26. The van der Waals surface area contributed by atoms with E-state index in [2.05, 4.69) is 23.6 Å². The van der Waals surface area contributed by atoms with Crippen LogP contribution < -0.4 is 9.47 Å². The quantitative estimate of drug-likeness (QED) is 0.546. The van der Waals surface area contributed by atoms with Gasteiger partial charge in [0.25, 0.3) is 0 Å². The third-order valence-corrected chi connectivity index (χ3v) is 5.53. The van der Waals surface area contributed by atoms with Gasteiger partial charge in [-0.05, 0) is 51.4 Å². The van der Waals surface area contributed by atoms with E-state index in [1.807, 2.05) is 25.2 Å². The topological polar surface area (TPSA) is 85.6 Å². The molecular weight excluding hydrogens is 360 g/mol. The molecule has 1 aromatic carbocycles. The zero-order valence-corrected chi connectivity index (χ0v) is 17.6. The van der Waals surface area contributed by atoms with Gasteiger partial charge in [0, 0.05) is 32.2 Å². The Hall–Kier alpha value is -1.38. The SMILES string of the molecule is COc1ccc(CN2CCC(O)(CO)CC2)cc1OC[C@@H](O)CN(C)C(C)C. The molecule has 3 N–H and O–H groups in total. The van der Waals surface area contributed by atoms with E-state index >= 15 is 0 Å². The highest BCUT2D eigenvalue weighted by molar-refractivity contribution is 5.43. The number of hydrogen-bond acceptors (Lipinski definition) is 7. The zero-order chi connectivity index (χ0) is 20.7. The first-order valence-corrected chi connectivity index (χ1v) is 10.00. The van der Waals surface area contributed by atoms with Crippen molar-refractivity contribution in [1.29, 1.82) is 0 Å². The summed E-state index contributed by atoms with van der Waals surface area (Å²) in [6.45, 7) is 6.94. The molecule has 0 aromatic heterocycles. The Morgan fingerprint density at radius 1 is 1.21 bits per heavy atom. The smallest absolute Gasteiger partial charge is 0.161 e. The summed E-state index contributed by atoms with van der Waals surface area (Å²) in [6, 6.07) is 6.19. The number of nitrogens with zero attached hydrogens (tertiary/aromatic N) is 2. The predicted molar refractivity (Wildman–Crippen MR) is 109 cm³/mol. The second kappa shape index (κ2) is 10.4. The number of likely N-dealkylation sites (N-methyl/N-ethyl adjacent to an activating group) is 1. The molecule has 2 rings (SSSR count). The molecule has 160 valence electrons. The summed E-state index contributed by atoms with van der Waals surface area (Å²) < 4.78 is 11.2. The van der Waals surface area contributed by atoms with Crippen LogP contribution in [0.5, 0.6) is 11.5 Å². The van der Waals surface area contributed by atoms with Crippen LogP contribution in [-0.2, 0) is 6.54 Å². The van der Waals surface area contributed by atoms with Gasteiger partial charge in [0.1, 0.15) is 12.7 Å². The summed E-state index contributed by atoms with van der Waals surface area (Å²) >= 11 is 0. The Kier molecular flexibility index (Phi) is 8.52. The normalized spacial score (nSPS) is 18.5. The van der Waals surface area contributed by atoms with Gasteiger partial charge in [0.15, 0.2) is 11.5 Å². The average molecular weight is 397 g/mol. The van der Waals surface area contributed by atoms with Crippen LogP contribution in [-0.4, -0.2) is 89.9 Å². The molecule has 0 saturated carbocycles. The fourth-order valence-corrected chi connectivity index (χ4v) is 3.26. The van der Waals surface area contributed by atoms with Crippen molar-refractivity contribution in [2.45, 2.75) is 51.0 Å². The second-order valence-corrected chi connectivity index (χ2v) is 8.14. The average Bonchev–Trinajstić information content (AvgIpc) is 2.68. The van der Waals surface area contributed by atoms with Gasteiger partial charge in [-0.15, -0.1) is 0 Å². The summed E-state index contributed by atoms with van der Waals surface area (Å²) in [4.78, 5) is 4.33. The standard InChI is InChI=1S/C21H36N2O5/c1-16(2)22(3)13-18(25)14-28-20-11-17(5-6-19(20)27-4)12-23-9-7-21(26,15-24)8-10-23/h5-6,11,16,18,24-26H,7-10,12-15H2,1-4H3/t18-/m0/s1. The third-order valence-electron chi connectivity index (χ3n) is 5.53. The number of aliphatic hydroxyl groups excluding tert-OH is 2. The van der Waals surface area contributed by atoms with Crippen LogP contribution in [0.2, 0.25) is 0 Å². The maximum Gasteiger partial charge on any atom is 0.161 e. The Balaban J connectivity index is 1.94. The lowest BCUT2D eigenvalue weighted by atomic mass is 9.92. The van der Waals surface area contributed by atoms with E-state index in [1.54, 1.807) is 7.11 Å². The van der Waals surface area contributed by atoms with E-state index in [0.717, 1.165) is 25.2 Å². The van der Waals surface area contributed by atoms with Crippen LogP contribution in [0.4, 0.5) is 0 Å². The fraction of sp³-hybridized carbons (Fsp3) is 0.714. The molecule has 0 unspecified atom stereocenters. The van der Waals surface area contributed by atoms with Crippen molar-refractivity contribution >= 4 is 0 Å². The lowest BCUT2D eigenvalue weighted by Crippen LogP contribution is -2.46. The fourth-order valence-electron chi connectivity index (χ4n) is 3.26. The van der Waals surface area contributed by atoms with Crippen LogP contribution in [0, 0.1) is 0 Å². The van der Waals surface area contributed by atoms with Crippen molar-refractivity contribution in [3.05, 3.63) is 23.8 Å². The first-order valence-electron chi connectivity index (χ1n) is 10.00. The van der Waals surface area contributed by atoms with Gasteiger partial charge in [-0.25, -0.2) is 0 Å². The predicted octanol–water partition coefficient (Wildman–Crippen LogP) is 1.09. The highest BCUT2D eigenvalue weighted by atomic mass is 16.5. The summed E-state index contributed by atoms with van der Waals surface area (Å²) in [7, 11) is 3.58. The van der Waals surface area contributed by atoms with Gasteiger partial charge >= 0.3 is 0 Å². The highest BCUT2D eigenvalue weighted by Gasteiger charge is 2.31. The molecule has 1 aliphatic heterocycles. The van der Waals surface area contributed by atoms with Crippen molar-refractivity contribution in [2.24, 2.45) is 0 Å². The molecule has 0 amide bonds. The van der Waals surface area contributed by atoms with Gasteiger partial charge in [-0.1, -0.05) is 6.07 Å². The molecule has 7 nitrogen and oxygen atoms in total. The molecule has 7 heteroatoms. The van der Waals surface area contributed by atoms with Crippen LogP contribution >= 0.6 is 0 Å². The Labute approximate surface area is 168 Å².